The zero-order valence-corrected chi connectivity index (χ0v) is 16.5. The van der Waals surface area contributed by atoms with Crippen LogP contribution in [0.25, 0.3) is 0 Å². The average Bonchev–Trinajstić information content (AvgIpc) is 3.16. The number of nitrogens with one attached hydrogen (secondary N) is 1. The number of hydrogen-bond acceptors (Lipinski definition) is 5. The predicted octanol–water partition coefficient (Wildman–Crippen LogP) is 3.93. The molecule has 1 aliphatic rings. The van der Waals surface area contributed by atoms with Crippen LogP contribution in [0.15, 0.2) is 27.6 Å². The number of aromatic amines is 1. The number of likely N-dealkylation sites (N-methyl/N-ethyl adjacent to an activating group) is 1. The lowest BCUT2D eigenvalue weighted by Gasteiger charge is -2.24. The van der Waals surface area contributed by atoms with Crippen LogP contribution in [0.4, 0.5) is 5.95 Å². The number of ketones is 1. The lowest BCUT2D eigenvalue weighted by molar-refractivity contribution is 0.0973. The summed E-state index contributed by atoms with van der Waals surface area (Å²) in [5, 5.41) is 0. The highest BCUT2D eigenvalue weighted by Crippen LogP contribution is 2.28. The van der Waals surface area contributed by atoms with Gasteiger partial charge in [-0.25, -0.2) is 4.98 Å². The topological polar surface area (TPSA) is 79.2 Å². The first-order chi connectivity index (χ1) is 13.0. The summed E-state index contributed by atoms with van der Waals surface area (Å²) in [4.78, 5) is 34.3. The van der Waals surface area contributed by atoms with Crippen molar-refractivity contribution in [1.82, 2.24) is 9.97 Å². The van der Waals surface area contributed by atoms with Gasteiger partial charge in [0.15, 0.2) is 5.76 Å². The second-order valence-electron chi connectivity index (χ2n) is 7.87. The van der Waals surface area contributed by atoms with Crippen LogP contribution in [-0.4, -0.2) is 29.3 Å². The standard InChI is InChI=1S/C21H29N3O3/c1-14(2)19-16(12-15-8-5-4-6-9-15)22-21(23-20(19)26)24(3)13-17(25)18-10-7-11-27-18/h7,10-11,14-15H,4-6,8-9,12-13H2,1-3H3,(H,22,23,26). The summed E-state index contributed by atoms with van der Waals surface area (Å²) in [7, 11) is 1.76. The van der Waals surface area contributed by atoms with Gasteiger partial charge in [-0.15, -0.1) is 0 Å². The molecule has 0 atom stereocenters. The molecule has 0 saturated heterocycles. The van der Waals surface area contributed by atoms with Gasteiger partial charge in [0, 0.05) is 12.6 Å². The third-order valence-electron chi connectivity index (χ3n) is 5.34. The van der Waals surface area contributed by atoms with E-state index in [0.717, 1.165) is 17.7 Å². The molecular formula is C21H29N3O3. The van der Waals surface area contributed by atoms with Gasteiger partial charge in [0.25, 0.3) is 5.56 Å². The Morgan fingerprint density at radius 3 is 2.70 bits per heavy atom. The Morgan fingerprint density at radius 1 is 1.33 bits per heavy atom. The number of hydrogen-bond donors (Lipinski definition) is 1. The second kappa shape index (κ2) is 8.55. The molecule has 2 aromatic rings. The van der Waals surface area contributed by atoms with Crippen molar-refractivity contribution in [1.29, 1.82) is 0 Å². The molecule has 0 spiro atoms. The predicted molar refractivity (Wildman–Crippen MR) is 106 cm³/mol. The Labute approximate surface area is 160 Å². The van der Waals surface area contributed by atoms with Gasteiger partial charge in [-0.2, -0.15) is 0 Å². The number of anilines is 1. The normalized spacial score (nSPS) is 15.3. The number of aromatic nitrogens is 2. The fourth-order valence-corrected chi connectivity index (χ4v) is 3.92. The number of Topliss-reactive ketones (excluding diaryl/α,β-unsaturated/α-hetero) is 1. The highest BCUT2D eigenvalue weighted by molar-refractivity contribution is 5.96. The molecule has 0 aliphatic heterocycles. The maximum absolute atomic E-state index is 12.7. The van der Waals surface area contributed by atoms with E-state index < -0.39 is 0 Å². The summed E-state index contributed by atoms with van der Waals surface area (Å²) in [6.07, 6.45) is 8.55. The molecule has 146 valence electrons. The molecular weight excluding hydrogens is 342 g/mol. The monoisotopic (exact) mass is 371 g/mol. The van der Waals surface area contributed by atoms with Gasteiger partial charge in [0.05, 0.1) is 18.5 Å². The van der Waals surface area contributed by atoms with Crippen LogP contribution in [0, 0.1) is 5.92 Å². The molecule has 3 rings (SSSR count). The van der Waals surface area contributed by atoms with Gasteiger partial charge in [-0.05, 0) is 30.4 Å². The Kier molecular flexibility index (Phi) is 6.14. The van der Waals surface area contributed by atoms with Gasteiger partial charge in [-0.3, -0.25) is 14.6 Å². The van der Waals surface area contributed by atoms with E-state index >= 15 is 0 Å². The summed E-state index contributed by atoms with van der Waals surface area (Å²) >= 11 is 0. The van der Waals surface area contributed by atoms with E-state index in [1.807, 2.05) is 13.8 Å². The van der Waals surface area contributed by atoms with Crippen molar-refractivity contribution in [3.05, 3.63) is 45.8 Å². The van der Waals surface area contributed by atoms with Gasteiger partial charge in [0.1, 0.15) is 0 Å². The SMILES string of the molecule is CC(C)c1c(CC2CCCCC2)nc(N(C)CC(=O)c2ccco2)[nH]c1=O. The number of nitrogens with zero attached hydrogens (tertiary/aromatic N) is 2. The molecule has 27 heavy (non-hydrogen) atoms. The number of carbonyl (C=O) groups is 1. The summed E-state index contributed by atoms with van der Waals surface area (Å²) in [5.74, 6) is 1.31. The van der Waals surface area contributed by atoms with Crippen molar-refractivity contribution in [3.8, 4) is 0 Å². The summed E-state index contributed by atoms with van der Waals surface area (Å²) in [5.41, 5.74) is 1.56. The van der Waals surface area contributed by atoms with Crippen LogP contribution < -0.4 is 10.5 Å². The van der Waals surface area contributed by atoms with E-state index in [9.17, 15) is 9.59 Å². The zero-order chi connectivity index (χ0) is 19.4. The Hall–Kier alpha value is -2.37. The van der Waals surface area contributed by atoms with Crippen LogP contribution in [0.3, 0.4) is 0 Å². The van der Waals surface area contributed by atoms with Crippen LogP contribution in [0.2, 0.25) is 0 Å². The Balaban J connectivity index is 1.84. The van der Waals surface area contributed by atoms with Crippen molar-refractivity contribution >= 4 is 11.7 Å². The largest absolute Gasteiger partial charge is 0.461 e. The molecule has 0 aromatic carbocycles. The zero-order valence-electron chi connectivity index (χ0n) is 16.5. The minimum Gasteiger partial charge on any atom is -0.461 e. The van der Waals surface area contributed by atoms with E-state index in [-0.39, 0.29) is 23.8 Å². The molecule has 2 heterocycles. The average molecular weight is 371 g/mol. The van der Waals surface area contributed by atoms with E-state index in [4.69, 9.17) is 9.40 Å². The first kappa shape index (κ1) is 19.4. The van der Waals surface area contributed by atoms with Crippen LogP contribution in [0.1, 0.15) is 73.7 Å². The fourth-order valence-electron chi connectivity index (χ4n) is 3.92. The first-order valence-electron chi connectivity index (χ1n) is 9.86. The molecule has 0 bridgehead atoms. The molecule has 1 fully saturated rings. The molecule has 0 amide bonds. The van der Waals surface area contributed by atoms with Crippen molar-refractivity contribution in [3.63, 3.8) is 0 Å². The smallest absolute Gasteiger partial charge is 0.255 e. The fraction of sp³-hybridized carbons (Fsp3) is 0.571. The number of furan rings is 1. The summed E-state index contributed by atoms with van der Waals surface area (Å²) in [6.45, 7) is 4.15. The van der Waals surface area contributed by atoms with Crippen molar-refractivity contribution in [2.45, 2.75) is 58.3 Å². The minimum atomic E-state index is -0.146. The highest BCUT2D eigenvalue weighted by atomic mass is 16.3. The second-order valence-corrected chi connectivity index (χ2v) is 7.87. The summed E-state index contributed by atoms with van der Waals surface area (Å²) in [6, 6.07) is 3.33. The van der Waals surface area contributed by atoms with Crippen molar-refractivity contribution < 1.29 is 9.21 Å². The van der Waals surface area contributed by atoms with E-state index in [0.29, 0.717) is 17.6 Å². The van der Waals surface area contributed by atoms with E-state index in [2.05, 4.69) is 4.98 Å². The van der Waals surface area contributed by atoms with Crippen molar-refractivity contribution in [2.75, 3.05) is 18.5 Å². The lowest BCUT2D eigenvalue weighted by Crippen LogP contribution is -2.31. The molecule has 0 radical (unpaired) electrons. The van der Waals surface area contributed by atoms with Crippen LogP contribution in [0.5, 0.6) is 0 Å². The maximum Gasteiger partial charge on any atom is 0.255 e. The molecule has 1 N–H and O–H groups in total. The van der Waals surface area contributed by atoms with Gasteiger partial charge < -0.3 is 9.32 Å². The van der Waals surface area contributed by atoms with Gasteiger partial charge in [-0.1, -0.05) is 46.0 Å². The quantitative estimate of drug-likeness (QED) is 0.746. The minimum absolute atomic E-state index is 0.0976. The Morgan fingerprint density at radius 2 is 2.07 bits per heavy atom. The van der Waals surface area contributed by atoms with Crippen LogP contribution in [-0.2, 0) is 6.42 Å². The Bertz CT molecular complexity index is 818. The molecule has 0 unspecified atom stereocenters. The molecule has 6 heteroatoms. The van der Waals surface area contributed by atoms with Gasteiger partial charge >= 0.3 is 0 Å². The third kappa shape index (κ3) is 4.67. The van der Waals surface area contributed by atoms with E-state index in [1.165, 1.54) is 38.4 Å². The van der Waals surface area contributed by atoms with E-state index in [1.54, 1.807) is 24.1 Å². The number of H-pyrrole nitrogens is 1. The lowest BCUT2D eigenvalue weighted by atomic mass is 9.84. The summed E-state index contributed by atoms with van der Waals surface area (Å²) < 4.78 is 5.16. The third-order valence-corrected chi connectivity index (χ3v) is 5.34. The first-order valence-corrected chi connectivity index (χ1v) is 9.86. The molecule has 1 saturated carbocycles. The highest BCUT2D eigenvalue weighted by Gasteiger charge is 2.22. The van der Waals surface area contributed by atoms with Gasteiger partial charge in [0.2, 0.25) is 11.7 Å². The van der Waals surface area contributed by atoms with Crippen molar-refractivity contribution in [2.24, 2.45) is 5.92 Å². The number of rotatable bonds is 7. The molecule has 1 aliphatic carbocycles. The number of carbonyl (C=O) groups excluding carboxylic acids is 1. The maximum atomic E-state index is 12.7. The molecule has 6 nitrogen and oxygen atoms in total. The molecule has 2 aromatic heterocycles. The van der Waals surface area contributed by atoms with Crippen LogP contribution >= 0.6 is 0 Å².